The number of aromatic nitrogens is 2. The van der Waals surface area contributed by atoms with E-state index in [1.807, 2.05) is 61.5 Å². The van der Waals surface area contributed by atoms with Crippen LogP contribution in [-0.4, -0.2) is 41.0 Å². The van der Waals surface area contributed by atoms with Crippen LogP contribution in [0.3, 0.4) is 0 Å². The molecule has 1 amide bonds. The Bertz CT molecular complexity index is 975. The Morgan fingerprint density at radius 1 is 1.10 bits per heavy atom. The molecule has 7 nitrogen and oxygen atoms in total. The first kappa shape index (κ1) is 20.6. The third kappa shape index (κ3) is 5.68. The molecule has 3 rings (SSSR count). The summed E-state index contributed by atoms with van der Waals surface area (Å²) in [7, 11) is 1.30. The molecular weight excluding hydrogens is 390 g/mol. The number of rotatable bonds is 8. The molecule has 8 heteroatoms. The minimum atomic E-state index is -0.763. The van der Waals surface area contributed by atoms with E-state index in [-0.39, 0.29) is 16.9 Å². The number of carbonyl (C=O) groups is 2. The number of thioether (sulfide) groups is 1. The minimum absolute atomic E-state index is 0.0394. The lowest BCUT2D eigenvalue weighted by Crippen LogP contribution is -2.43. The van der Waals surface area contributed by atoms with Crippen molar-refractivity contribution in [1.29, 1.82) is 0 Å². The molecular formula is C21H21N3O4S. The molecule has 150 valence electrons. The summed E-state index contributed by atoms with van der Waals surface area (Å²) in [5.41, 5.74) is 2.80. The molecule has 0 aliphatic rings. The van der Waals surface area contributed by atoms with Gasteiger partial charge < -0.3 is 14.5 Å². The van der Waals surface area contributed by atoms with Crippen LogP contribution in [0.5, 0.6) is 0 Å². The smallest absolute Gasteiger partial charge is 0.328 e. The van der Waals surface area contributed by atoms with Gasteiger partial charge in [-0.05, 0) is 24.1 Å². The van der Waals surface area contributed by atoms with Gasteiger partial charge in [0.2, 0.25) is 11.8 Å². The lowest BCUT2D eigenvalue weighted by Gasteiger charge is -2.16. The van der Waals surface area contributed by atoms with Crippen molar-refractivity contribution < 1.29 is 18.7 Å². The molecule has 0 bridgehead atoms. The first-order valence-electron chi connectivity index (χ1n) is 9.00. The second-order valence-corrected chi connectivity index (χ2v) is 7.24. The fourth-order valence-electron chi connectivity index (χ4n) is 2.74. The van der Waals surface area contributed by atoms with Crippen LogP contribution >= 0.6 is 11.8 Å². The van der Waals surface area contributed by atoms with E-state index in [1.54, 1.807) is 0 Å². The number of ether oxygens (including phenoxy) is 1. The van der Waals surface area contributed by atoms with Crippen LogP contribution in [0.2, 0.25) is 0 Å². The highest BCUT2D eigenvalue weighted by Gasteiger charge is 2.22. The first-order chi connectivity index (χ1) is 14.1. The minimum Gasteiger partial charge on any atom is -0.467 e. The van der Waals surface area contributed by atoms with Gasteiger partial charge in [0.15, 0.2) is 0 Å². The number of methoxy groups -OCH3 is 1. The quantitative estimate of drug-likeness (QED) is 0.450. The Kier molecular flexibility index (Phi) is 7.02. The van der Waals surface area contributed by atoms with E-state index in [4.69, 9.17) is 9.15 Å². The molecule has 1 heterocycles. The Hall–Kier alpha value is -3.13. The third-order valence-corrected chi connectivity index (χ3v) is 5.03. The highest BCUT2D eigenvalue weighted by atomic mass is 32.2. The summed E-state index contributed by atoms with van der Waals surface area (Å²) in [5, 5.41) is 11.0. The van der Waals surface area contributed by atoms with Gasteiger partial charge in [0.1, 0.15) is 6.04 Å². The number of carbonyl (C=O) groups excluding carboxylic acids is 2. The maximum absolute atomic E-state index is 12.3. The summed E-state index contributed by atoms with van der Waals surface area (Å²) in [6.45, 7) is 1.96. The Balaban J connectivity index is 1.58. The average molecular weight is 411 g/mol. The zero-order valence-corrected chi connectivity index (χ0v) is 16.9. The van der Waals surface area contributed by atoms with E-state index in [0.717, 1.165) is 28.5 Å². The van der Waals surface area contributed by atoms with E-state index in [2.05, 4.69) is 15.5 Å². The van der Waals surface area contributed by atoms with E-state index >= 15 is 0 Å². The van der Waals surface area contributed by atoms with Gasteiger partial charge in [-0.2, -0.15) is 0 Å². The molecule has 0 saturated heterocycles. The van der Waals surface area contributed by atoms with Crippen molar-refractivity contribution >= 4 is 23.6 Å². The summed E-state index contributed by atoms with van der Waals surface area (Å²) in [4.78, 5) is 24.4. The summed E-state index contributed by atoms with van der Waals surface area (Å²) < 4.78 is 10.4. The number of nitrogens with one attached hydrogen (secondary N) is 1. The van der Waals surface area contributed by atoms with Crippen molar-refractivity contribution in [2.75, 3.05) is 12.9 Å². The lowest BCUT2D eigenvalue weighted by molar-refractivity contribution is -0.144. The molecule has 2 aromatic carbocycles. The summed E-state index contributed by atoms with van der Waals surface area (Å²) in [6, 6.07) is 16.3. The van der Waals surface area contributed by atoms with Crippen LogP contribution in [0.1, 0.15) is 11.1 Å². The van der Waals surface area contributed by atoms with Crippen LogP contribution in [0.25, 0.3) is 11.5 Å². The predicted octanol–water partition coefficient (Wildman–Crippen LogP) is 3.04. The second-order valence-electron chi connectivity index (χ2n) is 6.31. The summed E-state index contributed by atoms with van der Waals surface area (Å²) in [5.74, 6) is -0.371. The average Bonchev–Trinajstić information content (AvgIpc) is 3.21. The van der Waals surface area contributed by atoms with Gasteiger partial charge in [0, 0.05) is 12.0 Å². The Labute approximate surface area is 172 Å². The standard InChI is InChI=1S/C21H21N3O4S/c1-14-8-6-7-11-16(14)19-23-24-21(28-19)29-13-18(25)22-17(20(26)27-2)12-15-9-4-3-5-10-15/h3-11,17H,12-13H2,1-2H3,(H,22,25)/t17-/m1/s1. The maximum Gasteiger partial charge on any atom is 0.328 e. The zero-order valence-electron chi connectivity index (χ0n) is 16.1. The van der Waals surface area contributed by atoms with Crippen molar-refractivity contribution in [3.8, 4) is 11.5 Å². The first-order valence-corrected chi connectivity index (χ1v) is 9.99. The van der Waals surface area contributed by atoms with Crippen LogP contribution < -0.4 is 5.32 Å². The number of esters is 1. The van der Waals surface area contributed by atoms with Gasteiger partial charge in [-0.25, -0.2) is 4.79 Å². The molecule has 0 aliphatic heterocycles. The van der Waals surface area contributed by atoms with Gasteiger partial charge in [0.25, 0.3) is 5.22 Å². The SMILES string of the molecule is COC(=O)[C@@H](Cc1ccccc1)NC(=O)CSc1nnc(-c2ccccc2C)o1. The number of aryl methyl sites for hydroxylation is 1. The largest absolute Gasteiger partial charge is 0.467 e. The van der Waals surface area contributed by atoms with E-state index < -0.39 is 12.0 Å². The van der Waals surface area contributed by atoms with E-state index in [1.165, 1.54) is 7.11 Å². The highest BCUT2D eigenvalue weighted by Crippen LogP contribution is 2.25. The van der Waals surface area contributed by atoms with Gasteiger partial charge in [-0.3, -0.25) is 4.79 Å². The van der Waals surface area contributed by atoms with E-state index in [9.17, 15) is 9.59 Å². The molecule has 0 spiro atoms. The van der Waals surface area contributed by atoms with Crippen LogP contribution in [0.4, 0.5) is 0 Å². The molecule has 0 radical (unpaired) electrons. The van der Waals surface area contributed by atoms with Crippen molar-refractivity contribution in [1.82, 2.24) is 15.5 Å². The van der Waals surface area contributed by atoms with Crippen molar-refractivity contribution in [2.24, 2.45) is 0 Å². The van der Waals surface area contributed by atoms with Crippen molar-refractivity contribution in [2.45, 2.75) is 24.6 Å². The molecule has 0 unspecified atom stereocenters. The topological polar surface area (TPSA) is 94.3 Å². The highest BCUT2D eigenvalue weighted by molar-refractivity contribution is 7.99. The number of hydrogen-bond acceptors (Lipinski definition) is 7. The molecule has 0 saturated carbocycles. The monoisotopic (exact) mass is 411 g/mol. The molecule has 0 aliphatic carbocycles. The molecule has 1 aromatic heterocycles. The lowest BCUT2D eigenvalue weighted by atomic mass is 10.1. The van der Waals surface area contributed by atoms with Crippen LogP contribution in [0, 0.1) is 6.92 Å². The van der Waals surface area contributed by atoms with Gasteiger partial charge in [0.05, 0.1) is 12.9 Å². The molecule has 1 N–H and O–H groups in total. The maximum atomic E-state index is 12.3. The fraction of sp³-hybridized carbons (Fsp3) is 0.238. The normalized spacial score (nSPS) is 11.7. The fourth-order valence-corrected chi connectivity index (χ4v) is 3.31. The molecule has 1 atom stereocenters. The summed E-state index contributed by atoms with van der Waals surface area (Å²) in [6.07, 6.45) is 0.349. The Morgan fingerprint density at radius 3 is 2.55 bits per heavy atom. The molecule has 0 fully saturated rings. The van der Waals surface area contributed by atoms with Crippen LogP contribution in [-0.2, 0) is 20.7 Å². The van der Waals surface area contributed by atoms with E-state index in [0.29, 0.717) is 12.3 Å². The number of amides is 1. The van der Waals surface area contributed by atoms with Crippen molar-refractivity contribution in [3.63, 3.8) is 0 Å². The summed E-state index contributed by atoms with van der Waals surface area (Å²) >= 11 is 1.11. The second kappa shape index (κ2) is 9.88. The van der Waals surface area contributed by atoms with Gasteiger partial charge in [-0.1, -0.05) is 60.3 Å². The van der Waals surface area contributed by atoms with Crippen LogP contribution in [0.15, 0.2) is 64.2 Å². The predicted molar refractivity (Wildman–Crippen MR) is 109 cm³/mol. The van der Waals surface area contributed by atoms with Crippen molar-refractivity contribution in [3.05, 3.63) is 65.7 Å². The molecule has 3 aromatic rings. The van der Waals surface area contributed by atoms with Gasteiger partial charge >= 0.3 is 5.97 Å². The zero-order chi connectivity index (χ0) is 20.6. The number of benzene rings is 2. The number of hydrogen-bond donors (Lipinski definition) is 1. The third-order valence-electron chi connectivity index (χ3n) is 4.21. The Morgan fingerprint density at radius 2 is 1.83 bits per heavy atom. The van der Waals surface area contributed by atoms with Gasteiger partial charge in [-0.15, -0.1) is 10.2 Å². The molecule has 29 heavy (non-hydrogen) atoms. The number of nitrogens with zero attached hydrogens (tertiary/aromatic N) is 2.